The average Bonchev–Trinajstić information content (AvgIpc) is 2.99. The van der Waals surface area contributed by atoms with Crippen LogP contribution in [0.2, 0.25) is 0 Å². The number of unbranched alkanes of at least 4 members (excludes halogenated alkanes) is 8. The summed E-state index contributed by atoms with van der Waals surface area (Å²) in [5.41, 5.74) is 0. The molecule has 0 aliphatic carbocycles. The predicted molar refractivity (Wildman–Crippen MR) is 185 cm³/mol. The van der Waals surface area contributed by atoms with Gasteiger partial charge in [0, 0.05) is 19.3 Å². The number of ether oxygens (including phenoxy) is 3. The molecule has 8 nitrogen and oxygen atoms in total. The lowest BCUT2D eigenvalue weighted by Gasteiger charge is -2.34. The van der Waals surface area contributed by atoms with Crippen LogP contribution in [0.25, 0.3) is 0 Å². The van der Waals surface area contributed by atoms with E-state index in [-0.39, 0.29) is 42.7 Å². The van der Waals surface area contributed by atoms with E-state index in [2.05, 4.69) is 55.5 Å². The standard InChI is InChI=1S/C38H65NO7/c1-6-8-9-10-11-12-13-14-15-16-17-18-19-20-21-22-23-24-25-26-27-29-37(41)46-34(33-45-36(40)28-7-2)32-44-31-30-35(38(42)43)39(3,4)5/h8-9,11-12,14-15,17-18,34-35H,6-7,10,13,16,19-33H2,1-5H3/b9-8-,12-11-,15-14-,18-17-. The second kappa shape index (κ2) is 29.7. The Balaban J connectivity index is 4.05. The number of rotatable bonds is 30. The summed E-state index contributed by atoms with van der Waals surface area (Å²) in [6.45, 7) is 4.15. The lowest BCUT2D eigenvalue weighted by molar-refractivity contribution is -0.889. The first-order chi connectivity index (χ1) is 22.1. The summed E-state index contributed by atoms with van der Waals surface area (Å²) < 4.78 is 16.7. The molecule has 0 bridgehead atoms. The number of nitrogens with zero attached hydrogens (tertiary/aromatic N) is 1. The Kier molecular flexibility index (Phi) is 27.9. The molecule has 2 unspecified atom stereocenters. The second-order valence-electron chi connectivity index (χ2n) is 12.7. The summed E-state index contributed by atoms with van der Waals surface area (Å²) in [7, 11) is 5.36. The normalized spacial score (nSPS) is 13.7. The first kappa shape index (κ1) is 43.3. The fraction of sp³-hybridized carbons (Fsp3) is 0.711. The highest BCUT2D eigenvalue weighted by Gasteiger charge is 2.25. The molecule has 0 radical (unpaired) electrons. The molecule has 0 heterocycles. The van der Waals surface area contributed by atoms with E-state index in [9.17, 15) is 19.5 Å². The van der Waals surface area contributed by atoms with Gasteiger partial charge in [-0.2, -0.15) is 0 Å². The molecule has 0 aromatic heterocycles. The zero-order valence-corrected chi connectivity index (χ0v) is 29.7. The number of carbonyl (C=O) groups excluding carboxylic acids is 3. The minimum atomic E-state index is -1.13. The Morgan fingerprint density at radius 2 is 1.22 bits per heavy atom. The summed E-state index contributed by atoms with van der Waals surface area (Å²) in [6, 6.07) is -0.723. The molecule has 0 saturated heterocycles. The van der Waals surface area contributed by atoms with Crippen molar-refractivity contribution in [2.45, 2.75) is 135 Å². The van der Waals surface area contributed by atoms with Crippen molar-refractivity contribution >= 4 is 17.9 Å². The third kappa shape index (κ3) is 27.6. The molecule has 0 fully saturated rings. The van der Waals surface area contributed by atoms with E-state index >= 15 is 0 Å². The van der Waals surface area contributed by atoms with Crippen molar-refractivity contribution in [2.24, 2.45) is 0 Å². The van der Waals surface area contributed by atoms with Crippen LogP contribution in [-0.4, -0.2) is 75.5 Å². The quantitative estimate of drug-likeness (QED) is 0.0352. The van der Waals surface area contributed by atoms with Gasteiger partial charge >= 0.3 is 11.9 Å². The molecule has 264 valence electrons. The SMILES string of the molecule is CC/C=C\C/C=C\C/C=C\C/C=C\CCCCCCCCCCC(=O)OC(COCCC(C(=O)[O-])[N+](C)(C)C)COC(=O)CCC. The molecule has 0 rings (SSSR count). The van der Waals surface area contributed by atoms with Gasteiger partial charge in [-0.3, -0.25) is 9.59 Å². The van der Waals surface area contributed by atoms with E-state index in [1.807, 2.05) is 6.92 Å². The summed E-state index contributed by atoms with van der Waals surface area (Å²) in [4.78, 5) is 35.8. The van der Waals surface area contributed by atoms with Crippen LogP contribution in [0.3, 0.4) is 0 Å². The van der Waals surface area contributed by atoms with Crippen LogP contribution in [0.1, 0.15) is 123 Å². The van der Waals surface area contributed by atoms with Crippen LogP contribution in [0.5, 0.6) is 0 Å². The largest absolute Gasteiger partial charge is 0.544 e. The Morgan fingerprint density at radius 3 is 1.76 bits per heavy atom. The first-order valence-electron chi connectivity index (χ1n) is 17.7. The van der Waals surface area contributed by atoms with Crippen LogP contribution in [-0.2, 0) is 28.6 Å². The number of likely N-dealkylation sites (N-methyl/N-ethyl adjacent to an activating group) is 1. The molecule has 0 N–H and O–H groups in total. The average molecular weight is 648 g/mol. The van der Waals surface area contributed by atoms with Crippen molar-refractivity contribution in [3.05, 3.63) is 48.6 Å². The van der Waals surface area contributed by atoms with Gasteiger partial charge in [-0.1, -0.05) is 101 Å². The molecule has 0 aliphatic heterocycles. The third-order valence-electron chi connectivity index (χ3n) is 7.45. The summed E-state index contributed by atoms with van der Waals surface area (Å²) in [6.07, 6.45) is 32.8. The smallest absolute Gasteiger partial charge is 0.306 e. The van der Waals surface area contributed by atoms with Crippen molar-refractivity contribution in [3.8, 4) is 0 Å². The molecule has 2 atom stereocenters. The maximum atomic E-state index is 12.5. The van der Waals surface area contributed by atoms with E-state index in [4.69, 9.17) is 14.2 Å². The molecule has 0 aliphatic rings. The fourth-order valence-electron chi connectivity index (χ4n) is 4.74. The fourth-order valence-corrected chi connectivity index (χ4v) is 4.74. The van der Waals surface area contributed by atoms with Gasteiger partial charge in [0.05, 0.1) is 40.3 Å². The zero-order chi connectivity index (χ0) is 34.3. The summed E-state index contributed by atoms with van der Waals surface area (Å²) in [5, 5.41) is 11.5. The highest BCUT2D eigenvalue weighted by Crippen LogP contribution is 2.13. The van der Waals surface area contributed by atoms with E-state index in [1.54, 1.807) is 21.1 Å². The number of carboxylic acid groups (broad SMARTS) is 1. The molecular weight excluding hydrogens is 582 g/mol. The molecule has 8 heteroatoms. The second-order valence-corrected chi connectivity index (χ2v) is 12.7. The molecule has 0 amide bonds. The van der Waals surface area contributed by atoms with Gasteiger partial charge in [0.15, 0.2) is 6.10 Å². The highest BCUT2D eigenvalue weighted by atomic mass is 16.6. The van der Waals surface area contributed by atoms with Crippen LogP contribution < -0.4 is 5.11 Å². The van der Waals surface area contributed by atoms with Gasteiger partial charge in [-0.05, 0) is 51.4 Å². The molecule has 0 aromatic carbocycles. The monoisotopic (exact) mass is 647 g/mol. The van der Waals surface area contributed by atoms with Crippen molar-refractivity contribution in [1.29, 1.82) is 0 Å². The van der Waals surface area contributed by atoms with Gasteiger partial charge in [0.25, 0.3) is 0 Å². The van der Waals surface area contributed by atoms with E-state index in [1.165, 1.54) is 32.1 Å². The van der Waals surface area contributed by atoms with Gasteiger partial charge in [0.2, 0.25) is 0 Å². The Labute approximate surface area is 280 Å². The Morgan fingerprint density at radius 1 is 0.674 bits per heavy atom. The van der Waals surface area contributed by atoms with Gasteiger partial charge in [-0.25, -0.2) is 0 Å². The Hall–Kier alpha value is -2.71. The van der Waals surface area contributed by atoms with Crippen LogP contribution >= 0.6 is 0 Å². The van der Waals surface area contributed by atoms with Crippen molar-refractivity contribution < 1.29 is 38.2 Å². The van der Waals surface area contributed by atoms with Gasteiger partial charge < -0.3 is 28.6 Å². The van der Waals surface area contributed by atoms with Gasteiger partial charge in [-0.15, -0.1) is 0 Å². The van der Waals surface area contributed by atoms with E-state index in [0.29, 0.717) is 19.3 Å². The summed E-state index contributed by atoms with van der Waals surface area (Å²) >= 11 is 0. The zero-order valence-electron chi connectivity index (χ0n) is 29.7. The number of esters is 2. The number of aliphatic carboxylic acids is 1. The third-order valence-corrected chi connectivity index (χ3v) is 7.45. The highest BCUT2D eigenvalue weighted by molar-refractivity contribution is 5.70. The molecule has 0 saturated carbocycles. The topological polar surface area (TPSA) is 102 Å². The molecule has 0 spiro atoms. The maximum absolute atomic E-state index is 12.5. The van der Waals surface area contributed by atoms with Crippen molar-refractivity contribution in [1.82, 2.24) is 0 Å². The van der Waals surface area contributed by atoms with E-state index < -0.39 is 18.1 Å². The van der Waals surface area contributed by atoms with Crippen molar-refractivity contribution in [3.63, 3.8) is 0 Å². The lowest BCUT2D eigenvalue weighted by Crippen LogP contribution is -2.55. The predicted octanol–water partition coefficient (Wildman–Crippen LogP) is 7.18. The summed E-state index contributed by atoms with van der Waals surface area (Å²) in [5.74, 6) is -1.82. The number of carboxylic acids is 1. The van der Waals surface area contributed by atoms with Crippen LogP contribution in [0.15, 0.2) is 48.6 Å². The Bertz CT molecular complexity index is 901. The van der Waals surface area contributed by atoms with Crippen LogP contribution in [0.4, 0.5) is 0 Å². The minimum Gasteiger partial charge on any atom is -0.544 e. The molecular formula is C38H65NO7. The van der Waals surface area contributed by atoms with Crippen LogP contribution in [0, 0.1) is 0 Å². The number of allylic oxidation sites excluding steroid dienone is 8. The maximum Gasteiger partial charge on any atom is 0.306 e. The number of carbonyl (C=O) groups is 3. The van der Waals surface area contributed by atoms with Gasteiger partial charge in [0.1, 0.15) is 12.6 Å². The van der Waals surface area contributed by atoms with Crippen molar-refractivity contribution in [2.75, 3.05) is 41.0 Å². The lowest BCUT2D eigenvalue weighted by atomic mass is 10.1. The molecule has 46 heavy (non-hydrogen) atoms. The number of quaternary nitrogens is 1. The van der Waals surface area contributed by atoms with E-state index in [0.717, 1.165) is 51.4 Å². The molecule has 0 aromatic rings. The number of hydrogen-bond donors (Lipinski definition) is 0. The minimum absolute atomic E-state index is 0.0321. The number of hydrogen-bond acceptors (Lipinski definition) is 7. The first-order valence-corrected chi connectivity index (χ1v) is 17.7.